The summed E-state index contributed by atoms with van der Waals surface area (Å²) in [6, 6.07) is 9.90. The van der Waals surface area contributed by atoms with E-state index in [2.05, 4.69) is 11.0 Å². The van der Waals surface area contributed by atoms with Crippen LogP contribution in [0.15, 0.2) is 24.3 Å². The highest BCUT2D eigenvalue weighted by Crippen LogP contribution is 2.21. The van der Waals surface area contributed by atoms with Crippen LogP contribution in [0.25, 0.3) is 0 Å². The number of benzene rings is 1. The Morgan fingerprint density at radius 1 is 1.31 bits per heavy atom. The van der Waals surface area contributed by atoms with Crippen molar-refractivity contribution in [3.8, 4) is 6.07 Å². The summed E-state index contributed by atoms with van der Waals surface area (Å²) in [7, 11) is 0. The number of nitriles is 1. The Hall–Kier alpha value is -2.10. The number of ether oxygens (including phenoxy) is 2. The van der Waals surface area contributed by atoms with E-state index in [1.165, 1.54) is 0 Å². The van der Waals surface area contributed by atoms with E-state index in [9.17, 15) is 10.1 Å². The first kappa shape index (κ1) is 18.7. The molecule has 0 spiro atoms. The van der Waals surface area contributed by atoms with Crippen molar-refractivity contribution >= 4 is 11.6 Å². The van der Waals surface area contributed by atoms with Crippen LogP contribution in [-0.4, -0.2) is 62.4 Å². The van der Waals surface area contributed by atoms with Gasteiger partial charge in [0, 0.05) is 32.8 Å². The molecule has 0 saturated carbocycles. The zero-order chi connectivity index (χ0) is 18.4. The number of hydrogen-bond donors (Lipinski definition) is 0. The summed E-state index contributed by atoms with van der Waals surface area (Å²) in [5.41, 5.74) is 1.63. The molecule has 2 atom stereocenters. The van der Waals surface area contributed by atoms with Crippen LogP contribution in [0.4, 0.5) is 5.69 Å². The fraction of sp³-hybridized carbons (Fsp3) is 0.600. The number of hydrogen-bond acceptors (Lipinski definition) is 5. The van der Waals surface area contributed by atoms with Gasteiger partial charge in [-0.3, -0.25) is 4.79 Å². The Labute approximate surface area is 155 Å². The molecule has 0 radical (unpaired) electrons. The van der Waals surface area contributed by atoms with Gasteiger partial charge in [-0.1, -0.05) is 12.1 Å². The van der Waals surface area contributed by atoms with Crippen molar-refractivity contribution in [2.75, 3.05) is 44.3 Å². The monoisotopic (exact) mass is 357 g/mol. The van der Waals surface area contributed by atoms with Gasteiger partial charge in [0.15, 0.2) is 0 Å². The second kappa shape index (κ2) is 9.02. The third-order valence-corrected chi connectivity index (χ3v) is 5.08. The molecule has 2 fully saturated rings. The average Bonchev–Trinajstić information content (AvgIpc) is 3.08. The summed E-state index contributed by atoms with van der Waals surface area (Å²) < 4.78 is 11.3. The van der Waals surface area contributed by atoms with E-state index in [1.807, 2.05) is 36.1 Å². The van der Waals surface area contributed by atoms with Crippen LogP contribution in [0.3, 0.4) is 0 Å². The summed E-state index contributed by atoms with van der Waals surface area (Å²) in [5.74, 6) is 0.0402. The third-order valence-electron chi connectivity index (χ3n) is 5.08. The molecule has 1 aromatic rings. The number of carbonyl (C=O) groups excluding carboxylic acids is 1. The molecule has 140 valence electrons. The Balaban J connectivity index is 1.54. The van der Waals surface area contributed by atoms with Crippen molar-refractivity contribution in [2.24, 2.45) is 0 Å². The van der Waals surface area contributed by atoms with Gasteiger partial charge in [0.05, 0.1) is 24.0 Å². The quantitative estimate of drug-likeness (QED) is 0.808. The molecule has 2 aliphatic rings. The minimum absolute atomic E-state index is 0.0402. The van der Waals surface area contributed by atoms with Crippen molar-refractivity contribution < 1.29 is 14.3 Å². The first-order chi connectivity index (χ1) is 12.7. The van der Waals surface area contributed by atoms with Gasteiger partial charge in [0.1, 0.15) is 12.2 Å². The molecular formula is C20H27N3O3. The normalized spacial score (nSPS) is 21.9. The zero-order valence-corrected chi connectivity index (χ0v) is 15.4. The maximum absolute atomic E-state index is 12.7. The molecule has 0 bridgehead atoms. The largest absolute Gasteiger partial charge is 0.376 e. The molecule has 6 nitrogen and oxygen atoms in total. The number of nitrogens with zero attached hydrogens (tertiary/aromatic N) is 3. The first-order valence-corrected chi connectivity index (χ1v) is 9.45. The molecular weight excluding hydrogens is 330 g/mol. The van der Waals surface area contributed by atoms with Crippen LogP contribution in [0, 0.1) is 11.3 Å². The fourth-order valence-corrected chi connectivity index (χ4v) is 3.58. The van der Waals surface area contributed by atoms with Gasteiger partial charge in [-0.25, -0.2) is 0 Å². The number of carbonyl (C=O) groups is 1. The summed E-state index contributed by atoms with van der Waals surface area (Å²) in [6.45, 7) is 6.04. The van der Waals surface area contributed by atoms with Crippen molar-refractivity contribution in [3.05, 3.63) is 29.8 Å². The predicted molar refractivity (Wildman–Crippen MR) is 99.0 cm³/mol. The van der Waals surface area contributed by atoms with Crippen molar-refractivity contribution in [1.29, 1.82) is 5.26 Å². The molecule has 0 aromatic heterocycles. The Morgan fingerprint density at radius 3 is 2.92 bits per heavy atom. The lowest BCUT2D eigenvalue weighted by molar-refractivity contribution is -0.144. The predicted octanol–water partition coefficient (Wildman–Crippen LogP) is 2.18. The van der Waals surface area contributed by atoms with Gasteiger partial charge in [0.2, 0.25) is 0 Å². The van der Waals surface area contributed by atoms with E-state index in [-0.39, 0.29) is 12.0 Å². The lowest BCUT2D eigenvalue weighted by atomic mass is 10.1. The van der Waals surface area contributed by atoms with Crippen molar-refractivity contribution in [2.45, 2.75) is 38.4 Å². The molecule has 0 N–H and O–H groups in total. The van der Waals surface area contributed by atoms with Gasteiger partial charge in [-0.15, -0.1) is 0 Å². The second-order valence-corrected chi connectivity index (χ2v) is 6.91. The standard InChI is InChI=1S/C20H27N3O3/c1-16(26-15-18-7-4-13-25-18)20(24)23-10-5-9-22(11-12-23)19-8-3-2-6-17(19)14-21/h2-3,6,8,16,18H,4-5,7,9-13,15H2,1H3. The first-order valence-electron chi connectivity index (χ1n) is 9.45. The number of rotatable bonds is 5. The maximum atomic E-state index is 12.7. The van der Waals surface area contributed by atoms with Crippen LogP contribution in [0.1, 0.15) is 31.7 Å². The minimum Gasteiger partial charge on any atom is -0.376 e. The van der Waals surface area contributed by atoms with Crippen LogP contribution >= 0.6 is 0 Å². The summed E-state index contributed by atoms with van der Waals surface area (Å²) in [6.07, 6.45) is 2.65. The Kier molecular flexibility index (Phi) is 6.48. The Bertz CT molecular complexity index is 652. The summed E-state index contributed by atoms with van der Waals surface area (Å²) in [4.78, 5) is 16.8. The van der Waals surface area contributed by atoms with E-state index in [0.717, 1.165) is 51.2 Å². The highest BCUT2D eigenvalue weighted by atomic mass is 16.5. The van der Waals surface area contributed by atoms with Crippen LogP contribution in [-0.2, 0) is 14.3 Å². The highest BCUT2D eigenvalue weighted by molar-refractivity contribution is 5.80. The van der Waals surface area contributed by atoms with E-state index in [4.69, 9.17) is 9.47 Å². The van der Waals surface area contributed by atoms with Crippen LogP contribution < -0.4 is 4.90 Å². The second-order valence-electron chi connectivity index (χ2n) is 6.91. The highest BCUT2D eigenvalue weighted by Gasteiger charge is 2.26. The van der Waals surface area contributed by atoms with Crippen molar-refractivity contribution in [1.82, 2.24) is 4.90 Å². The zero-order valence-electron chi connectivity index (χ0n) is 15.4. The number of amides is 1. The van der Waals surface area contributed by atoms with Gasteiger partial charge < -0.3 is 19.3 Å². The summed E-state index contributed by atoms with van der Waals surface area (Å²) in [5, 5.41) is 9.31. The molecule has 3 rings (SSSR count). The van der Waals surface area contributed by atoms with Gasteiger partial charge in [0.25, 0.3) is 5.91 Å². The maximum Gasteiger partial charge on any atom is 0.251 e. The number of para-hydroxylation sites is 1. The van der Waals surface area contributed by atoms with E-state index >= 15 is 0 Å². The molecule has 2 unspecified atom stereocenters. The molecule has 2 aliphatic heterocycles. The molecule has 2 saturated heterocycles. The molecule has 6 heteroatoms. The minimum atomic E-state index is -0.447. The van der Waals surface area contributed by atoms with Gasteiger partial charge in [-0.2, -0.15) is 5.26 Å². The van der Waals surface area contributed by atoms with Crippen molar-refractivity contribution in [3.63, 3.8) is 0 Å². The average molecular weight is 357 g/mol. The smallest absolute Gasteiger partial charge is 0.251 e. The van der Waals surface area contributed by atoms with E-state index in [1.54, 1.807) is 0 Å². The lowest BCUT2D eigenvalue weighted by Crippen LogP contribution is -2.42. The summed E-state index contributed by atoms with van der Waals surface area (Å²) >= 11 is 0. The molecule has 1 aromatic carbocycles. The van der Waals surface area contributed by atoms with Gasteiger partial charge >= 0.3 is 0 Å². The van der Waals surface area contributed by atoms with E-state index in [0.29, 0.717) is 18.7 Å². The van der Waals surface area contributed by atoms with Crippen LogP contribution in [0.5, 0.6) is 0 Å². The molecule has 2 heterocycles. The number of anilines is 1. The fourth-order valence-electron chi connectivity index (χ4n) is 3.58. The van der Waals surface area contributed by atoms with Crippen LogP contribution in [0.2, 0.25) is 0 Å². The van der Waals surface area contributed by atoms with E-state index < -0.39 is 6.10 Å². The Morgan fingerprint density at radius 2 is 2.15 bits per heavy atom. The topological polar surface area (TPSA) is 65.8 Å². The third kappa shape index (κ3) is 4.54. The van der Waals surface area contributed by atoms with Gasteiger partial charge in [-0.05, 0) is 38.3 Å². The molecule has 0 aliphatic carbocycles. The lowest BCUT2D eigenvalue weighted by Gasteiger charge is -2.26. The molecule has 26 heavy (non-hydrogen) atoms. The SMILES string of the molecule is CC(OCC1CCCO1)C(=O)N1CCCN(c2ccccc2C#N)CC1. The molecule has 1 amide bonds.